The first-order chi connectivity index (χ1) is 6.32. The summed E-state index contributed by atoms with van der Waals surface area (Å²) in [6, 6.07) is 1.01. The van der Waals surface area contributed by atoms with Gasteiger partial charge < -0.3 is 14.0 Å². The first-order valence-electron chi connectivity index (χ1n) is 4.32. The number of hydrogen-bond donors (Lipinski definition) is 1. The average molecular weight is 220 g/mol. The van der Waals surface area contributed by atoms with Gasteiger partial charge in [-0.15, -0.1) is 0 Å². The molecule has 0 fully saturated rings. The van der Waals surface area contributed by atoms with Gasteiger partial charge in [-0.05, 0) is 19.5 Å². The molecule has 0 radical (unpaired) electrons. The fraction of sp³-hybridized carbons (Fsp3) is 0.667. The highest BCUT2D eigenvalue weighted by Crippen LogP contribution is 2.08. The van der Waals surface area contributed by atoms with Crippen molar-refractivity contribution < 1.29 is 18.8 Å². The van der Waals surface area contributed by atoms with Crippen LogP contribution < -0.4 is 0 Å². The number of hydrogen-bond acceptors (Lipinski definition) is 3. The minimum absolute atomic E-state index is 0.176. The molecule has 14 heavy (non-hydrogen) atoms. The monoisotopic (exact) mass is 220 g/mol. The van der Waals surface area contributed by atoms with Crippen molar-refractivity contribution in [2.75, 3.05) is 14.2 Å². The van der Waals surface area contributed by atoms with Gasteiger partial charge in [-0.2, -0.15) is 0 Å². The fourth-order valence-corrected chi connectivity index (χ4v) is 1.12. The van der Waals surface area contributed by atoms with Crippen LogP contribution in [-0.4, -0.2) is 33.9 Å². The Labute approximate surface area is 86.8 Å². The van der Waals surface area contributed by atoms with E-state index >= 15 is 0 Å². The summed E-state index contributed by atoms with van der Waals surface area (Å²) in [7, 11) is 1.74. The molecule has 84 valence electrons. The Morgan fingerprint density at radius 3 is 1.71 bits per heavy atom. The second kappa shape index (κ2) is 7.72. The van der Waals surface area contributed by atoms with Crippen molar-refractivity contribution in [3.63, 3.8) is 0 Å². The molecule has 0 amide bonds. The second-order valence-electron chi connectivity index (χ2n) is 2.98. The molecule has 0 atom stereocenters. The van der Waals surface area contributed by atoms with Crippen molar-refractivity contribution in [2.45, 2.75) is 26.4 Å². The van der Waals surface area contributed by atoms with Crippen LogP contribution in [0.2, 0.25) is 12.6 Å². The largest absolute Gasteiger partial charge is 0.478 e. The zero-order valence-corrected chi connectivity index (χ0v) is 10.6. The van der Waals surface area contributed by atoms with Gasteiger partial charge in [0.2, 0.25) is 0 Å². The number of aliphatic carboxylic acids is 1. The zero-order chi connectivity index (χ0) is 11.8. The lowest BCUT2D eigenvalue weighted by atomic mass is 10.4. The maximum Gasteiger partial charge on any atom is 0.334 e. The van der Waals surface area contributed by atoms with Gasteiger partial charge in [0, 0.05) is 19.8 Å². The number of carboxylic acids is 1. The van der Waals surface area contributed by atoms with E-state index in [1.807, 2.05) is 6.55 Å². The van der Waals surface area contributed by atoms with Crippen LogP contribution in [0, 0.1) is 0 Å². The predicted molar refractivity (Wildman–Crippen MR) is 58.6 cm³/mol. The summed E-state index contributed by atoms with van der Waals surface area (Å²) < 4.78 is 10.3. The summed E-state index contributed by atoms with van der Waals surface area (Å²) in [6.07, 6.45) is 0. The lowest BCUT2D eigenvalue weighted by Crippen LogP contribution is -2.34. The third-order valence-electron chi connectivity index (χ3n) is 1.87. The highest BCUT2D eigenvalue weighted by Gasteiger charge is 2.24. The Hall–Kier alpha value is -0.653. The van der Waals surface area contributed by atoms with Gasteiger partial charge in [-0.25, -0.2) is 4.79 Å². The maximum absolute atomic E-state index is 9.60. The van der Waals surface area contributed by atoms with E-state index < -0.39 is 14.5 Å². The van der Waals surface area contributed by atoms with E-state index in [4.69, 9.17) is 14.0 Å². The second-order valence-corrected chi connectivity index (χ2v) is 6.77. The Balaban J connectivity index is 0. The molecular weight excluding hydrogens is 200 g/mol. The third kappa shape index (κ3) is 7.97. The molecule has 0 heterocycles. The van der Waals surface area contributed by atoms with Crippen molar-refractivity contribution in [3.8, 4) is 0 Å². The zero-order valence-electron chi connectivity index (χ0n) is 9.59. The molecule has 0 aromatic rings. The third-order valence-corrected chi connectivity index (χ3v) is 4.88. The molecule has 0 spiro atoms. The first-order valence-corrected chi connectivity index (χ1v) is 6.84. The van der Waals surface area contributed by atoms with E-state index in [-0.39, 0.29) is 5.57 Å². The van der Waals surface area contributed by atoms with Gasteiger partial charge in [0.25, 0.3) is 0 Å². The molecule has 0 unspecified atom stereocenters. The van der Waals surface area contributed by atoms with E-state index in [1.54, 1.807) is 14.2 Å². The topological polar surface area (TPSA) is 55.8 Å². The van der Waals surface area contributed by atoms with E-state index in [0.29, 0.717) is 0 Å². The quantitative estimate of drug-likeness (QED) is 0.581. The summed E-state index contributed by atoms with van der Waals surface area (Å²) in [5.74, 6) is -0.935. The summed E-state index contributed by atoms with van der Waals surface area (Å²) in [5.41, 5.74) is 0.176. The van der Waals surface area contributed by atoms with Crippen molar-refractivity contribution in [1.82, 2.24) is 0 Å². The molecular formula is C9H20O4Si. The number of carbonyl (C=O) groups is 1. The molecule has 0 rings (SSSR count). The van der Waals surface area contributed by atoms with Crippen LogP contribution in [0.25, 0.3) is 0 Å². The molecule has 0 saturated heterocycles. The minimum Gasteiger partial charge on any atom is -0.478 e. The van der Waals surface area contributed by atoms with Gasteiger partial charge in [-0.1, -0.05) is 13.5 Å². The molecule has 0 aliphatic heterocycles. The molecule has 0 aliphatic carbocycles. The van der Waals surface area contributed by atoms with E-state index in [0.717, 1.165) is 6.04 Å². The molecule has 0 saturated carbocycles. The number of carboxylic acid groups (broad SMARTS) is 1. The molecule has 5 heteroatoms. The van der Waals surface area contributed by atoms with Crippen LogP contribution in [0.3, 0.4) is 0 Å². The van der Waals surface area contributed by atoms with Crippen molar-refractivity contribution in [2.24, 2.45) is 0 Å². The van der Waals surface area contributed by atoms with E-state index in [2.05, 4.69) is 13.5 Å². The minimum atomic E-state index is -1.67. The predicted octanol–water partition coefficient (Wildman–Crippen LogP) is 2.02. The SMILES string of the molecule is C=C(C)C(=O)O.CC[Si](C)(OC)OC. The number of rotatable bonds is 4. The Morgan fingerprint density at radius 1 is 1.43 bits per heavy atom. The highest BCUT2D eigenvalue weighted by atomic mass is 28.4. The normalized spacial score (nSPS) is 10.1. The van der Waals surface area contributed by atoms with Crippen molar-refractivity contribution in [1.29, 1.82) is 0 Å². The Bertz CT molecular complexity index is 167. The van der Waals surface area contributed by atoms with Crippen molar-refractivity contribution in [3.05, 3.63) is 12.2 Å². The lowest BCUT2D eigenvalue weighted by Gasteiger charge is -2.19. The van der Waals surface area contributed by atoms with Gasteiger partial charge in [-0.3, -0.25) is 0 Å². The maximum atomic E-state index is 9.60. The van der Waals surface area contributed by atoms with Crippen LogP contribution in [0.1, 0.15) is 13.8 Å². The van der Waals surface area contributed by atoms with E-state index in [9.17, 15) is 4.79 Å². The summed E-state index contributed by atoms with van der Waals surface area (Å²) in [4.78, 5) is 9.60. The first kappa shape index (κ1) is 15.8. The fourth-order valence-electron chi connectivity index (χ4n) is 0.372. The Kier molecular flexibility index (Phi) is 8.72. The van der Waals surface area contributed by atoms with E-state index in [1.165, 1.54) is 6.92 Å². The van der Waals surface area contributed by atoms with Crippen molar-refractivity contribution >= 4 is 14.5 Å². The molecule has 0 aliphatic rings. The molecule has 0 aromatic heterocycles. The van der Waals surface area contributed by atoms with Crippen LogP contribution >= 0.6 is 0 Å². The smallest absolute Gasteiger partial charge is 0.334 e. The molecule has 0 bridgehead atoms. The summed E-state index contributed by atoms with van der Waals surface area (Å²) in [5, 5.41) is 7.89. The van der Waals surface area contributed by atoms with Crippen LogP contribution in [-0.2, 0) is 13.6 Å². The van der Waals surface area contributed by atoms with Gasteiger partial charge in [0.1, 0.15) is 0 Å². The molecule has 0 aromatic carbocycles. The summed E-state index contributed by atoms with van der Waals surface area (Å²) in [6.45, 7) is 8.73. The highest BCUT2D eigenvalue weighted by molar-refractivity contribution is 6.65. The Morgan fingerprint density at radius 2 is 1.71 bits per heavy atom. The van der Waals surface area contributed by atoms with Crippen LogP contribution in [0.4, 0.5) is 0 Å². The van der Waals surface area contributed by atoms with Gasteiger partial charge >= 0.3 is 14.5 Å². The summed E-state index contributed by atoms with van der Waals surface area (Å²) >= 11 is 0. The van der Waals surface area contributed by atoms with Crippen LogP contribution in [0.15, 0.2) is 12.2 Å². The molecule has 4 nitrogen and oxygen atoms in total. The van der Waals surface area contributed by atoms with Gasteiger partial charge in [0.05, 0.1) is 0 Å². The molecule has 1 N–H and O–H groups in total. The van der Waals surface area contributed by atoms with Gasteiger partial charge in [0.15, 0.2) is 0 Å². The lowest BCUT2D eigenvalue weighted by molar-refractivity contribution is -0.132. The standard InChI is InChI=1S/C5H14O2Si.C4H6O2/c1-5-8(4,6-2)7-3;1-3(2)4(5)6/h5H2,1-4H3;1H2,2H3,(H,5,6). The average Bonchev–Trinajstić information content (AvgIpc) is 2.17. The van der Waals surface area contributed by atoms with Crippen LogP contribution in [0.5, 0.6) is 0 Å².